The summed E-state index contributed by atoms with van der Waals surface area (Å²) in [5.74, 6) is 0. The van der Waals surface area contributed by atoms with E-state index >= 15 is 0 Å². The van der Waals surface area contributed by atoms with Crippen molar-refractivity contribution in [1.29, 1.82) is 0 Å². The Bertz CT molecular complexity index is 894. The number of aliphatic imine (C=N–C) groups is 1. The van der Waals surface area contributed by atoms with Gasteiger partial charge in [0.1, 0.15) is 0 Å². The van der Waals surface area contributed by atoms with E-state index in [1.807, 2.05) is 6.92 Å². The first-order valence-corrected chi connectivity index (χ1v) is 9.73. The molecule has 0 amide bonds. The predicted octanol–water partition coefficient (Wildman–Crippen LogP) is 6.60. The van der Waals surface area contributed by atoms with Crippen LogP contribution < -0.4 is 5.73 Å². The zero-order valence-corrected chi connectivity index (χ0v) is 17.2. The molecule has 0 fully saturated rings. The van der Waals surface area contributed by atoms with Gasteiger partial charge < -0.3 is 5.73 Å². The molecule has 2 N–H and O–H groups in total. The molecular weight excluding hydrogens is 472 g/mol. The molecule has 0 saturated heterocycles. The minimum absolute atomic E-state index is 0.00957. The summed E-state index contributed by atoms with van der Waals surface area (Å²) in [6.45, 7) is 1.41. The summed E-state index contributed by atoms with van der Waals surface area (Å²) in [5, 5.41) is 0.302. The highest BCUT2D eigenvalue weighted by Gasteiger charge is 2.59. The Morgan fingerprint density at radius 2 is 1.81 bits per heavy atom. The van der Waals surface area contributed by atoms with Crippen molar-refractivity contribution in [1.82, 2.24) is 0 Å². The highest BCUT2D eigenvalue weighted by atomic mass is 79.9. The standard InChI is InChI=1S/C17H12BrCl2F3N2S/c1-8-4-9(2-3-11(8)18)15-25-7-16(26-15,17(21,22)23)10-5-12(19)14(24)13(20)6-10/h2-6H,7,24H2,1H3. The van der Waals surface area contributed by atoms with Crippen LogP contribution in [0.25, 0.3) is 0 Å². The second kappa shape index (κ2) is 6.93. The molecule has 26 heavy (non-hydrogen) atoms. The van der Waals surface area contributed by atoms with E-state index < -0.39 is 17.5 Å². The van der Waals surface area contributed by atoms with E-state index in [0.717, 1.165) is 10.0 Å². The highest BCUT2D eigenvalue weighted by molar-refractivity contribution is 9.10. The summed E-state index contributed by atoms with van der Waals surface area (Å²) in [5.41, 5.74) is 7.20. The monoisotopic (exact) mass is 482 g/mol. The third-order valence-corrected chi connectivity index (χ3v) is 7.14. The molecule has 2 nitrogen and oxygen atoms in total. The number of anilines is 1. The number of benzene rings is 2. The van der Waals surface area contributed by atoms with E-state index in [9.17, 15) is 13.2 Å². The number of thioether (sulfide) groups is 1. The average Bonchev–Trinajstić information content (AvgIpc) is 3.01. The second-order valence-corrected chi connectivity index (χ2v) is 8.82. The number of rotatable bonds is 2. The maximum absolute atomic E-state index is 14.1. The van der Waals surface area contributed by atoms with Gasteiger partial charge in [-0.05, 0) is 42.3 Å². The summed E-state index contributed by atoms with van der Waals surface area (Å²) in [4.78, 5) is 4.18. The Hall–Kier alpha value is -0.890. The average molecular weight is 484 g/mol. The van der Waals surface area contributed by atoms with Crippen LogP contribution >= 0.6 is 50.9 Å². The van der Waals surface area contributed by atoms with Gasteiger partial charge in [-0.25, -0.2) is 0 Å². The number of hydrogen-bond acceptors (Lipinski definition) is 3. The topological polar surface area (TPSA) is 38.4 Å². The van der Waals surface area contributed by atoms with Gasteiger partial charge in [-0.2, -0.15) is 13.2 Å². The van der Waals surface area contributed by atoms with Crippen molar-refractivity contribution in [2.75, 3.05) is 12.3 Å². The van der Waals surface area contributed by atoms with Gasteiger partial charge in [0, 0.05) is 10.0 Å². The molecule has 138 valence electrons. The summed E-state index contributed by atoms with van der Waals surface area (Å²) in [7, 11) is 0. The molecule has 3 rings (SSSR count). The smallest absolute Gasteiger partial charge is 0.396 e. The van der Waals surface area contributed by atoms with Crippen molar-refractivity contribution in [2.24, 2.45) is 4.99 Å². The van der Waals surface area contributed by atoms with Crippen molar-refractivity contribution in [3.05, 3.63) is 61.5 Å². The fourth-order valence-corrected chi connectivity index (χ4v) is 4.54. The van der Waals surface area contributed by atoms with Gasteiger partial charge in [0.2, 0.25) is 0 Å². The molecule has 0 aliphatic carbocycles. The number of nitrogens with zero attached hydrogens (tertiary/aromatic N) is 1. The fourth-order valence-electron chi connectivity index (χ4n) is 2.62. The molecule has 0 saturated carbocycles. The van der Waals surface area contributed by atoms with Crippen molar-refractivity contribution >= 4 is 61.6 Å². The summed E-state index contributed by atoms with van der Waals surface area (Å²) in [6, 6.07) is 7.75. The largest absolute Gasteiger partial charge is 0.409 e. The van der Waals surface area contributed by atoms with Crippen LogP contribution in [0.3, 0.4) is 0 Å². The molecule has 1 heterocycles. The van der Waals surface area contributed by atoms with Gasteiger partial charge in [0.25, 0.3) is 0 Å². The zero-order valence-electron chi connectivity index (χ0n) is 13.3. The van der Waals surface area contributed by atoms with Crippen molar-refractivity contribution in [2.45, 2.75) is 17.8 Å². The number of nitrogens with two attached hydrogens (primary N) is 1. The molecule has 0 spiro atoms. The SMILES string of the molecule is Cc1cc(C2=NCC(c3cc(Cl)c(N)c(Cl)c3)(C(F)(F)F)S2)ccc1Br. The van der Waals surface area contributed by atoms with Crippen molar-refractivity contribution < 1.29 is 13.2 Å². The maximum atomic E-state index is 14.1. The normalized spacial score (nSPS) is 20.3. The first kappa shape index (κ1) is 19.9. The lowest BCUT2D eigenvalue weighted by Gasteiger charge is -2.31. The van der Waals surface area contributed by atoms with Gasteiger partial charge >= 0.3 is 6.18 Å². The first-order valence-electron chi connectivity index (χ1n) is 7.37. The molecule has 0 radical (unpaired) electrons. The second-order valence-electron chi connectivity index (χ2n) is 5.87. The number of alkyl halides is 3. The molecule has 1 aliphatic rings. The van der Waals surface area contributed by atoms with Crippen LogP contribution in [-0.4, -0.2) is 17.8 Å². The molecule has 1 unspecified atom stereocenters. The van der Waals surface area contributed by atoms with Gasteiger partial charge in [0.05, 0.1) is 27.3 Å². The van der Waals surface area contributed by atoms with Gasteiger partial charge in [-0.3, -0.25) is 4.99 Å². The first-order chi connectivity index (χ1) is 12.0. The van der Waals surface area contributed by atoms with E-state index in [1.165, 1.54) is 12.1 Å². The van der Waals surface area contributed by atoms with E-state index in [4.69, 9.17) is 28.9 Å². The maximum Gasteiger partial charge on any atom is 0.409 e. The lowest BCUT2D eigenvalue weighted by Crippen LogP contribution is -2.40. The molecule has 2 aromatic carbocycles. The van der Waals surface area contributed by atoms with Gasteiger partial charge in [-0.15, -0.1) is 0 Å². The molecular formula is C17H12BrCl2F3N2S. The van der Waals surface area contributed by atoms with Gasteiger partial charge in [-0.1, -0.05) is 57.0 Å². The van der Waals surface area contributed by atoms with E-state index in [1.54, 1.807) is 18.2 Å². The van der Waals surface area contributed by atoms with Crippen LogP contribution in [-0.2, 0) is 4.75 Å². The third-order valence-electron chi connectivity index (χ3n) is 4.12. The van der Waals surface area contributed by atoms with Crippen molar-refractivity contribution in [3.8, 4) is 0 Å². The minimum Gasteiger partial charge on any atom is -0.396 e. The molecule has 2 aromatic rings. The van der Waals surface area contributed by atoms with Crippen LogP contribution in [0, 0.1) is 6.92 Å². The molecule has 0 bridgehead atoms. The van der Waals surface area contributed by atoms with E-state index in [2.05, 4.69) is 20.9 Å². The quantitative estimate of drug-likeness (QED) is 0.489. The Morgan fingerprint density at radius 3 is 2.35 bits per heavy atom. The van der Waals surface area contributed by atoms with E-state index in [0.29, 0.717) is 22.4 Å². The fraction of sp³-hybridized carbons (Fsp3) is 0.235. The lowest BCUT2D eigenvalue weighted by molar-refractivity contribution is -0.158. The molecule has 0 aromatic heterocycles. The molecule has 1 aliphatic heterocycles. The summed E-state index contributed by atoms with van der Waals surface area (Å²) < 4.78 is 40.9. The lowest BCUT2D eigenvalue weighted by atomic mass is 9.97. The van der Waals surface area contributed by atoms with Crippen LogP contribution in [0.4, 0.5) is 18.9 Å². The number of halogens is 6. The zero-order chi connectivity index (χ0) is 19.3. The summed E-state index contributed by atoms with van der Waals surface area (Å²) >= 11 is 16.0. The van der Waals surface area contributed by atoms with E-state index in [-0.39, 0.29) is 21.3 Å². The van der Waals surface area contributed by atoms with Crippen LogP contribution in [0.1, 0.15) is 16.7 Å². The number of nitrogen functional groups attached to an aromatic ring is 1. The van der Waals surface area contributed by atoms with Crippen LogP contribution in [0.2, 0.25) is 10.0 Å². The van der Waals surface area contributed by atoms with Crippen LogP contribution in [0.15, 0.2) is 39.8 Å². The third kappa shape index (κ3) is 3.35. The number of aryl methyl sites for hydroxylation is 1. The highest BCUT2D eigenvalue weighted by Crippen LogP contribution is 2.55. The Kier molecular flexibility index (Phi) is 5.29. The molecule has 9 heteroatoms. The molecule has 1 atom stereocenters. The van der Waals surface area contributed by atoms with Crippen molar-refractivity contribution in [3.63, 3.8) is 0 Å². The van der Waals surface area contributed by atoms with Crippen LogP contribution in [0.5, 0.6) is 0 Å². The van der Waals surface area contributed by atoms with Gasteiger partial charge in [0.15, 0.2) is 4.75 Å². The Balaban J connectivity index is 2.06. The Morgan fingerprint density at radius 1 is 1.19 bits per heavy atom. The number of hydrogen-bond donors (Lipinski definition) is 1. The Labute approximate surface area is 171 Å². The predicted molar refractivity (Wildman–Crippen MR) is 106 cm³/mol. The minimum atomic E-state index is -4.56. The summed E-state index contributed by atoms with van der Waals surface area (Å²) in [6.07, 6.45) is -4.56.